The molecule has 0 aromatic heterocycles. The Labute approximate surface area is 172 Å². The maximum absolute atomic E-state index is 13.0. The summed E-state index contributed by atoms with van der Waals surface area (Å²) in [5.74, 6) is 0.236. The van der Waals surface area contributed by atoms with Gasteiger partial charge in [-0.2, -0.15) is 0 Å². The second kappa shape index (κ2) is 8.78. The molecular formula is C24H29N3O2. The lowest BCUT2D eigenvalue weighted by atomic mass is 9.92. The van der Waals surface area contributed by atoms with E-state index in [1.54, 1.807) is 0 Å². The first-order valence-corrected chi connectivity index (χ1v) is 10.6. The molecule has 0 unspecified atom stereocenters. The van der Waals surface area contributed by atoms with Crippen molar-refractivity contribution in [2.45, 2.75) is 44.8 Å². The highest BCUT2D eigenvalue weighted by atomic mass is 16.2. The Morgan fingerprint density at radius 2 is 1.66 bits per heavy atom. The smallest absolute Gasteiger partial charge is 0.240 e. The van der Waals surface area contributed by atoms with Gasteiger partial charge in [0.05, 0.1) is 12.1 Å². The number of carbonyl (C=O) groups is 2. The van der Waals surface area contributed by atoms with E-state index in [4.69, 9.17) is 0 Å². The number of nitrogens with one attached hydrogen (secondary N) is 2. The number of amides is 2. The minimum Gasteiger partial charge on any atom is -0.349 e. The second-order valence-electron chi connectivity index (χ2n) is 8.15. The van der Waals surface area contributed by atoms with Crippen LogP contribution in [0.4, 0.5) is 0 Å². The minimum atomic E-state index is -0.159. The molecule has 2 N–H and O–H groups in total. The molecule has 0 aliphatic carbocycles. The normalized spacial score (nSPS) is 20.6. The summed E-state index contributed by atoms with van der Waals surface area (Å²) in [4.78, 5) is 27.6. The van der Waals surface area contributed by atoms with Crippen molar-refractivity contribution in [2.75, 3.05) is 13.1 Å². The lowest BCUT2D eigenvalue weighted by Crippen LogP contribution is -2.52. The minimum absolute atomic E-state index is 0.00475. The van der Waals surface area contributed by atoms with Crippen LogP contribution < -0.4 is 10.6 Å². The monoisotopic (exact) mass is 391 g/mol. The lowest BCUT2D eigenvalue weighted by Gasteiger charge is -2.35. The Morgan fingerprint density at radius 3 is 2.38 bits per heavy atom. The van der Waals surface area contributed by atoms with Crippen molar-refractivity contribution < 1.29 is 9.59 Å². The van der Waals surface area contributed by atoms with Crippen LogP contribution in [0.2, 0.25) is 0 Å². The van der Waals surface area contributed by atoms with Gasteiger partial charge in [-0.05, 0) is 42.9 Å². The predicted molar refractivity (Wildman–Crippen MR) is 113 cm³/mol. The van der Waals surface area contributed by atoms with Crippen LogP contribution >= 0.6 is 0 Å². The fourth-order valence-corrected chi connectivity index (χ4v) is 4.37. The molecule has 2 aliphatic rings. The van der Waals surface area contributed by atoms with Gasteiger partial charge in [0.2, 0.25) is 11.8 Å². The number of piperidine rings is 1. The van der Waals surface area contributed by atoms with E-state index in [-0.39, 0.29) is 29.8 Å². The summed E-state index contributed by atoms with van der Waals surface area (Å²) in [7, 11) is 0. The van der Waals surface area contributed by atoms with Gasteiger partial charge in [0.25, 0.3) is 0 Å². The second-order valence-corrected chi connectivity index (χ2v) is 8.15. The maximum Gasteiger partial charge on any atom is 0.240 e. The third kappa shape index (κ3) is 4.51. The Bertz CT molecular complexity index is 859. The Hall–Kier alpha value is -2.66. The summed E-state index contributed by atoms with van der Waals surface area (Å²) in [6, 6.07) is 18.1. The highest BCUT2D eigenvalue weighted by Gasteiger charge is 2.32. The summed E-state index contributed by atoms with van der Waals surface area (Å²) < 4.78 is 0. The molecule has 5 nitrogen and oxygen atoms in total. The van der Waals surface area contributed by atoms with E-state index in [0.29, 0.717) is 13.1 Å². The molecule has 1 saturated heterocycles. The SMILES string of the molecule is C[C@H](NC(=O)C1CCN(C(=O)[C@@H]2Cc3ccccc3CN2)CC1)c1ccccc1. The highest BCUT2D eigenvalue weighted by molar-refractivity contribution is 5.83. The third-order valence-corrected chi connectivity index (χ3v) is 6.22. The van der Waals surface area contributed by atoms with Gasteiger partial charge in [-0.15, -0.1) is 0 Å². The molecule has 2 atom stereocenters. The number of rotatable bonds is 4. The van der Waals surface area contributed by atoms with Crippen LogP contribution in [0.15, 0.2) is 54.6 Å². The van der Waals surface area contributed by atoms with Crippen molar-refractivity contribution in [2.24, 2.45) is 5.92 Å². The summed E-state index contributed by atoms with van der Waals surface area (Å²) in [5, 5.41) is 6.51. The van der Waals surface area contributed by atoms with Crippen molar-refractivity contribution in [1.82, 2.24) is 15.5 Å². The summed E-state index contributed by atoms with van der Waals surface area (Å²) in [5.41, 5.74) is 3.64. The predicted octanol–water partition coefficient (Wildman–Crippen LogP) is 2.82. The summed E-state index contributed by atoms with van der Waals surface area (Å²) in [6.07, 6.45) is 2.19. The van der Waals surface area contributed by atoms with Crippen molar-refractivity contribution in [1.29, 1.82) is 0 Å². The Morgan fingerprint density at radius 1 is 1.00 bits per heavy atom. The van der Waals surface area contributed by atoms with Crippen LogP contribution in [0, 0.1) is 5.92 Å². The fraction of sp³-hybridized carbons (Fsp3) is 0.417. The zero-order valence-electron chi connectivity index (χ0n) is 16.9. The van der Waals surface area contributed by atoms with E-state index in [1.165, 1.54) is 11.1 Å². The first kappa shape index (κ1) is 19.6. The van der Waals surface area contributed by atoms with E-state index in [2.05, 4.69) is 22.8 Å². The largest absolute Gasteiger partial charge is 0.349 e. The highest BCUT2D eigenvalue weighted by Crippen LogP contribution is 2.22. The molecule has 152 valence electrons. The van der Waals surface area contributed by atoms with Crippen LogP contribution in [-0.4, -0.2) is 35.8 Å². The van der Waals surface area contributed by atoms with Crippen molar-refractivity contribution in [3.05, 3.63) is 71.3 Å². The number of hydrogen-bond acceptors (Lipinski definition) is 3. The van der Waals surface area contributed by atoms with Gasteiger partial charge in [-0.25, -0.2) is 0 Å². The summed E-state index contributed by atoms with van der Waals surface area (Å²) >= 11 is 0. The van der Waals surface area contributed by atoms with Crippen molar-refractivity contribution in [3.63, 3.8) is 0 Å². The van der Waals surface area contributed by atoms with Crippen LogP contribution in [0.1, 0.15) is 42.5 Å². The first-order valence-electron chi connectivity index (χ1n) is 10.6. The average molecular weight is 392 g/mol. The zero-order chi connectivity index (χ0) is 20.2. The standard InChI is InChI=1S/C24H29N3O2/c1-17(18-7-3-2-4-8-18)26-23(28)19-11-13-27(14-12-19)24(29)22-15-20-9-5-6-10-21(20)16-25-22/h2-10,17,19,22,25H,11-16H2,1H3,(H,26,28)/t17-,22-/m0/s1. The van der Waals surface area contributed by atoms with E-state index >= 15 is 0 Å². The lowest BCUT2D eigenvalue weighted by molar-refractivity contribution is -0.137. The molecule has 2 aliphatic heterocycles. The van der Waals surface area contributed by atoms with E-state index in [1.807, 2.05) is 54.3 Å². The number of hydrogen-bond donors (Lipinski definition) is 2. The van der Waals surface area contributed by atoms with Crippen LogP contribution in [0.25, 0.3) is 0 Å². The van der Waals surface area contributed by atoms with Gasteiger partial charge < -0.3 is 15.5 Å². The van der Waals surface area contributed by atoms with E-state index in [9.17, 15) is 9.59 Å². The zero-order valence-corrected chi connectivity index (χ0v) is 16.9. The van der Waals surface area contributed by atoms with Crippen molar-refractivity contribution >= 4 is 11.8 Å². The molecular weight excluding hydrogens is 362 g/mol. The van der Waals surface area contributed by atoms with Gasteiger partial charge in [-0.1, -0.05) is 54.6 Å². The van der Waals surface area contributed by atoms with E-state index in [0.717, 1.165) is 31.4 Å². The van der Waals surface area contributed by atoms with Gasteiger partial charge >= 0.3 is 0 Å². The van der Waals surface area contributed by atoms with Crippen LogP contribution in [-0.2, 0) is 22.6 Å². The molecule has 5 heteroatoms. The van der Waals surface area contributed by atoms with Gasteiger partial charge in [0, 0.05) is 25.6 Å². The quantitative estimate of drug-likeness (QED) is 0.843. The number of benzene rings is 2. The van der Waals surface area contributed by atoms with Crippen LogP contribution in [0.5, 0.6) is 0 Å². The molecule has 0 radical (unpaired) electrons. The van der Waals surface area contributed by atoms with Crippen LogP contribution in [0.3, 0.4) is 0 Å². The van der Waals surface area contributed by atoms with Gasteiger partial charge in [0.15, 0.2) is 0 Å². The van der Waals surface area contributed by atoms with E-state index < -0.39 is 0 Å². The first-order chi connectivity index (χ1) is 14.1. The molecule has 0 bridgehead atoms. The molecule has 2 aromatic carbocycles. The Kier molecular flexibility index (Phi) is 5.95. The molecule has 2 heterocycles. The molecule has 0 saturated carbocycles. The molecule has 0 spiro atoms. The van der Waals surface area contributed by atoms with Crippen molar-refractivity contribution in [3.8, 4) is 0 Å². The van der Waals surface area contributed by atoms with Gasteiger partial charge in [0.1, 0.15) is 0 Å². The number of nitrogens with zero attached hydrogens (tertiary/aromatic N) is 1. The molecule has 29 heavy (non-hydrogen) atoms. The number of fused-ring (bicyclic) bond motifs is 1. The maximum atomic E-state index is 13.0. The number of likely N-dealkylation sites (tertiary alicyclic amines) is 1. The summed E-state index contributed by atoms with van der Waals surface area (Å²) in [6.45, 7) is 4.05. The average Bonchev–Trinajstić information content (AvgIpc) is 2.79. The third-order valence-electron chi connectivity index (χ3n) is 6.22. The molecule has 1 fully saturated rings. The molecule has 2 aromatic rings. The van der Waals surface area contributed by atoms with Gasteiger partial charge in [-0.3, -0.25) is 9.59 Å². The topological polar surface area (TPSA) is 61.4 Å². The fourth-order valence-electron chi connectivity index (χ4n) is 4.37. The number of carbonyl (C=O) groups excluding carboxylic acids is 2. The molecule has 2 amide bonds. The molecule has 4 rings (SSSR count). The Balaban J connectivity index is 1.28.